The van der Waals surface area contributed by atoms with Crippen molar-refractivity contribution in [3.8, 4) is 17.0 Å². The van der Waals surface area contributed by atoms with Gasteiger partial charge >= 0.3 is 0 Å². The molecule has 144 valence electrons. The number of nitrogens with zero attached hydrogens (tertiary/aromatic N) is 2. The molecule has 3 rings (SSSR count). The second-order valence-electron chi connectivity index (χ2n) is 5.66. The smallest absolute Gasteiger partial charge is 0.269 e. The molecule has 0 spiro atoms. The molecule has 1 aromatic heterocycles. The van der Waals surface area contributed by atoms with Gasteiger partial charge in [-0.15, -0.1) is 23.1 Å². The minimum absolute atomic E-state index is 0.0295. The van der Waals surface area contributed by atoms with Crippen molar-refractivity contribution in [1.82, 2.24) is 4.98 Å². The predicted octanol–water partition coefficient (Wildman–Crippen LogP) is 4.85. The van der Waals surface area contributed by atoms with Crippen LogP contribution in [0.3, 0.4) is 0 Å². The first-order valence-electron chi connectivity index (χ1n) is 8.32. The van der Waals surface area contributed by atoms with Gasteiger partial charge in [0, 0.05) is 40.1 Å². The van der Waals surface area contributed by atoms with Gasteiger partial charge in [0.25, 0.3) is 5.69 Å². The van der Waals surface area contributed by atoms with Gasteiger partial charge in [0.2, 0.25) is 5.91 Å². The van der Waals surface area contributed by atoms with E-state index in [4.69, 9.17) is 4.74 Å². The summed E-state index contributed by atoms with van der Waals surface area (Å²) in [5.74, 6) is 1.35. The molecule has 1 amide bonds. The Morgan fingerprint density at radius 1 is 1.21 bits per heavy atom. The third-order valence-corrected chi connectivity index (χ3v) is 5.55. The van der Waals surface area contributed by atoms with Crippen molar-refractivity contribution in [2.45, 2.75) is 11.3 Å². The van der Waals surface area contributed by atoms with E-state index in [2.05, 4.69) is 10.3 Å². The monoisotopic (exact) mass is 415 g/mol. The number of nitro benzene ring substituents is 1. The topological polar surface area (TPSA) is 94.4 Å². The van der Waals surface area contributed by atoms with Crippen LogP contribution in [-0.2, 0) is 4.79 Å². The molecule has 0 bridgehead atoms. The number of thioether (sulfide) groups is 1. The molecule has 0 unspecified atom stereocenters. The van der Waals surface area contributed by atoms with Gasteiger partial charge in [0.1, 0.15) is 5.75 Å². The first-order chi connectivity index (χ1) is 13.5. The van der Waals surface area contributed by atoms with Crippen LogP contribution in [0.2, 0.25) is 0 Å². The van der Waals surface area contributed by atoms with Gasteiger partial charge in [-0.25, -0.2) is 4.98 Å². The van der Waals surface area contributed by atoms with Crippen molar-refractivity contribution < 1.29 is 14.5 Å². The van der Waals surface area contributed by atoms with Crippen LogP contribution in [0.25, 0.3) is 11.3 Å². The third kappa shape index (κ3) is 5.30. The summed E-state index contributed by atoms with van der Waals surface area (Å²) in [7, 11) is 1.62. The van der Waals surface area contributed by atoms with Crippen molar-refractivity contribution >= 4 is 39.8 Å². The van der Waals surface area contributed by atoms with Crippen molar-refractivity contribution in [2.24, 2.45) is 0 Å². The molecule has 28 heavy (non-hydrogen) atoms. The number of benzene rings is 2. The minimum atomic E-state index is -0.444. The SMILES string of the molecule is COc1ccc(SCCC(=O)Nc2nc(-c3ccc([N+](=O)[O-])cc3)cs2)cc1. The van der Waals surface area contributed by atoms with Gasteiger partial charge in [-0.2, -0.15) is 0 Å². The van der Waals surface area contributed by atoms with Crippen LogP contribution >= 0.6 is 23.1 Å². The van der Waals surface area contributed by atoms with Crippen molar-refractivity contribution in [2.75, 3.05) is 18.2 Å². The summed E-state index contributed by atoms with van der Waals surface area (Å²) in [6.07, 6.45) is 0.364. The van der Waals surface area contributed by atoms with E-state index in [1.165, 1.54) is 23.5 Å². The Balaban J connectivity index is 1.49. The van der Waals surface area contributed by atoms with Gasteiger partial charge in [-0.05, 0) is 36.4 Å². The average molecular weight is 415 g/mol. The van der Waals surface area contributed by atoms with Gasteiger partial charge in [0.15, 0.2) is 5.13 Å². The molecule has 0 aliphatic heterocycles. The highest BCUT2D eigenvalue weighted by molar-refractivity contribution is 7.99. The van der Waals surface area contributed by atoms with E-state index in [1.54, 1.807) is 31.0 Å². The highest BCUT2D eigenvalue weighted by Gasteiger charge is 2.10. The van der Waals surface area contributed by atoms with E-state index in [9.17, 15) is 14.9 Å². The van der Waals surface area contributed by atoms with Gasteiger partial charge in [-0.3, -0.25) is 14.9 Å². The van der Waals surface area contributed by atoms with Crippen LogP contribution in [0.1, 0.15) is 6.42 Å². The number of nitrogens with one attached hydrogen (secondary N) is 1. The van der Waals surface area contributed by atoms with Gasteiger partial charge < -0.3 is 10.1 Å². The summed E-state index contributed by atoms with van der Waals surface area (Å²) in [4.78, 5) is 27.8. The molecule has 0 saturated heterocycles. The maximum absolute atomic E-state index is 12.1. The number of anilines is 1. The number of methoxy groups -OCH3 is 1. The molecule has 7 nitrogen and oxygen atoms in total. The van der Waals surface area contributed by atoms with Crippen LogP contribution in [0.15, 0.2) is 58.8 Å². The molecule has 9 heteroatoms. The fraction of sp³-hybridized carbons (Fsp3) is 0.158. The number of carbonyl (C=O) groups is 1. The highest BCUT2D eigenvalue weighted by atomic mass is 32.2. The number of rotatable bonds is 8. The summed E-state index contributed by atoms with van der Waals surface area (Å²) in [5, 5.41) is 15.8. The van der Waals surface area contributed by atoms with Crippen molar-refractivity contribution in [3.05, 3.63) is 64.0 Å². The lowest BCUT2D eigenvalue weighted by molar-refractivity contribution is -0.384. The van der Waals surface area contributed by atoms with Crippen molar-refractivity contribution in [1.29, 1.82) is 0 Å². The lowest BCUT2D eigenvalue weighted by atomic mass is 10.1. The van der Waals surface area contributed by atoms with Crippen LogP contribution in [0, 0.1) is 10.1 Å². The third-order valence-electron chi connectivity index (χ3n) is 3.78. The molecule has 3 aromatic rings. The Labute approximate surface area is 169 Å². The lowest BCUT2D eigenvalue weighted by Crippen LogP contribution is -2.11. The van der Waals surface area contributed by atoms with E-state index < -0.39 is 4.92 Å². The molecule has 0 atom stereocenters. The molecule has 0 fully saturated rings. The van der Waals surface area contributed by atoms with E-state index in [0.717, 1.165) is 16.2 Å². The largest absolute Gasteiger partial charge is 0.497 e. The Kier molecular flexibility index (Phi) is 6.62. The summed E-state index contributed by atoms with van der Waals surface area (Å²) in [6, 6.07) is 13.8. The first kappa shape index (κ1) is 19.8. The van der Waals surface area contributed by atoms with E-state index in [0.29, 0.717) is 23.0 Å². The number of ether oxygens (including phenoxy) is 1. The number of nitro groups is 1. The van der Waals surface area contributed by atoms with Crippen LogP contribution in [0.5, 0.6) is 5.75 Å². The Hall–Kier alpha value is -2.91. The molecule has 0 aliphatic rings. The minimum Gasteiger partial charge on any atom is -0.497 e. The van der Waals surface area contributed by atoms with Crippen LogP contribution in [-0.4, -0.2) is 28.7 Å². The zero-order valence-electron chi connectivity index (χ0n) is 15.0. The Morgan fingerprint density at radius 3 is 2.57 bits per heavy atom. The predicted molar refractivity (Wildman–Crippen MR) is 111 cm³/mol. The molecular formula is C19H17N3O4S2. The zero-order valence-corrected chi connectivity index (χ0v) is 16.6. The number of hydrogen-bond acceptors (Lipinski definition) is 7. The maximum Gasteiger partial charge on any atom is 0.269 e. The fourth-order valence-electron chi connectivity index (χ4n) is 2.33. The number of hydrogen-bond donors (Lipinski definition) is 1. The van der Waals surface area contributed by atoms with Gasteiger partial charge in [-0.1, -0.05) is 0 Å². The summed E-state index contributed by atoms with van der Waals surface area (Å²) in [6.45, 7) is 0. The molecule has 0 saturated carbocycles. The Bertz CT molecular complexity index is 956. The maximum atomic E-state index is 12.1. The molecule has 2 aromatic carbocycles. The number of thiazole rings is 1. The summed E-state index contributed by atoms with van der Waals surface area (Å²) >= 11 is 2.92. The summed E-state index contributed by atoms with van der Waals surface area (Å²) in [5.41, 5.74) is 1.46. The number of carbonyl (C=O) groups excluding carboxylic acids is 1. The first-order valence-corrected chi connectivity index (χ1v) is 10.2. The second-order valence-corrected chi connectivity index (χ2v) is 7.69. The van der Waals surface area contributed by atoms with Crippen LogP contribution in [0.4, 0.5) is 10.8 Å². The van der Waals surface area contributed by atoms with Crippen LogP contribution < -0.4 is 10.1 Å². The van der Waals surface area contributed by atoms with E-state index in [1.807, 2.05) is 29.6 Å². The highest BCUT2D eigenvalue weighted by Crippen LogP contribution is 2.27. The molecular weight excluding hydrogens is 398 g/mol. The Morgan fingerprint density at radius 2 is 1.93 bits per heavy atom. The molecule has 1 heterocycles. The van der Waals surface area contributed by atoms with E-state index in [-0.39, 0.29) is 11.6 Å². The van der Waals surface area contributed by atoms with Gasteiger partial charge in [0.05, 0.1) is 17.7 Å². The number of non-ortho nitro benzene ring substituents is 1. The number of aromatic nitrogens is 1. The van der Waals surface area contributed by atoms with E-state index >= 15 is 0 Å². The quantitative estimate of drug-likeness (QED) is 0.321. The second kappa shape index (κ2) is 9.34. The molecule has 0 aliphatic carbocycles. The zero-order chi connectivity index (χ0) is 19.9. The fourth-order valence-corrected chi connectivity index (χ4v) is 3.92. The standard InChI is InChI=1S/C19H17N3O4S2/c1-26-15-6-8-16(9-7-15)27-11-10-18(23)21-19-20-17(12-28-19)13-2-4-14(5-3-13)22(24)25/h2-9,12H,10-11H2,1H3,(H,20,21,23). The number of amides is 1. The summed E-state index contributed by atoms with van der Waals surface area (Å²) < 4.78 is 5.12. The molecule has 0 radical (unpaired) electrons. The normalized spacial score (nSPS) is 10.5. The molecule has 1 N–H and O–H groups in total. The lowest BCUT2D eigenvalue weighted by Gasteiger charge is -2.04. The average Bonchev–Trinajstić information content (AvgIpc) is 3.17. The van der Waals surface area contributed by atoms with Crippen molar-refractivity contribution in [3.63, 3.8) is 0 Å².